The lowest BCUT2D eigenvalue weighted by atomic mass is 10.0. The average molecular weight is 139 g/mol. The molecule has 0 aromatic rings. The van der Waals surface area contributed by atoms with E-state index in [0.29, 0.717) is 5.92 Å². The lowest BCUT2D eigenvalue weighted by molar-refractivity contribution is 0.301. The van der Waals surface area contributed by atoms with Crippen LogP contribution in [-0.4, -0.2) is 13.7 Å². The zero-order valence-corrected chi connectivity index (χ0v) is 6.21. The Bertz CT molecular complexity index is 161. The second-order valence-corrected chi connectivity index (χ2v) is 2.40. The van der Waals surface area contributed by atoms with Crippen LogP contribution in [0.3, 0.4) is 0 Å². The van der Waals surface area contributed by atoms with Crippen LogP contribution in [-0.2, 0) is 4.74 Å². The zero-order chi connectivity index (χ0) is 7.40. The van der Waals surface area contributed by atoms with E-state index in [-0.39, 0.29) is 0 Å². The van der Waals surface area contributed by atoms with Crippen molar-refractivity contribution < 1.29 is 4.74 Å². The van der Waals surface area contributed by atoms with E-state index in [9.17, 15) is 0 Å². The molecule has 0 unspecified atom stereocenters. The van der Waals surface area contributed by atoms with Gasteiger partial charge >= 0.3 is 0 Å². The van der Waals surface area contributed by atoms with Gasteiger partial charge in [0.15, 0.2) is 0 Å². The summed E-state index contributed by atoms with van der Waals surface area (Å²) in [6.07, 6.45) is 7.15. The van der Waals surface area contributed by atoms with Crippen molar-refractivity contribution in [1.82, 2.24) is 0 Å². The van der Waals surface area contributed by atoms with Crippen LogP contribution in [0, 0.1) is 5.92 Å². The Kier molecular flexibility index (Phi) is 2.51. The van der Waals surface area contributed by atoms with Crippen LogP contribution in [0.5, 0.6) is 0 Å². The molecular formula is C8H13NO. The number of hydrogen-bond donors (Lipinski definition) is 1. The lowest BCUT2D eigenvalue weighted by Gasteiger charge is -2.12. The molecule has 1 rings (SSSR count). The van der Waals surface area contributed by atoms with E-state index < -0.39 is 0 Å². The maximum Gasteiger partial charge on any atom is 0.114 e. The van der Waals surface area contributed by atoms with Crippen molar-refractivity contribution >= 4 is 0 Å². The summed E-state index contributed by atoms with van der Waals surface area (Å²) in [5.74, 6) is 1.46. The van der Waals surface area contributed by atoms with Crippen molar-refractivity contribution in [2.45, 2.75) is 6.42 Å². The van der Waals surface area contributed by atoms with Gasteiger partial charge in [-0.2, -0.15) is 0 Å². The van der Waals surface area contributed by atoms with Crippen molar-refractivity contribution in [3.63, 3.8) is 0 Å². The smallest absolute Gasteiger partial charge is 0.114 e. The fraction of sp³-hybridized carbons (Fsp3) is 0.500. The number of ether oxygens (including phenoxy) is 1. The summed E-state index contributed by atoms with van der Waals surface area (Å²) in [4.78, 5) is 0. The van der Waals surface area contributed by atoms with E-state index in [1.54, 1.807) is 7.11 Å². The molecule has 10 heavy (non-hydrogen) atoms. The van der Waals surface area contributed by atoms with E-state index in [1.165, 1.54) is 0 Å². The van der Waals surface area contributed by atoms with E-state index in [0.717, 1.165) is 18.7 Å². The standard InChI is InChI=1S/C8H13NO/c1-10-8-4-2-7(6-9)3-5-8/h2,4-5,7H,3,6,9H2,1H3/t7-/m0/s1. The molecule has 0 bridgehead atoms. The first-order valence-electron chi connectivity index (χ1n) is 3.49. The maximum atomic E-state index is 5.47. The van der Waals surface area contributed by atoms with Gasteiger partial charge in [-0.1, -0.05) is 6.08 Å². The molecule has 0 saturated carbocycles. The van der Waals surface area contributed by atoms with Gasteiger partial charge in [0.05, 0.1) is 7.11 Å². The van der Waals surface area contributed by atoms with Gasteiger partial charge in [-0.05, 0) is 31.0 Å². The van der Waals surface area contributed by atoms with Crippen molar-refractivity contribution in [1.29, 1.82) is 0 Å². The van der Waals surface area contributed by atoms with Crippen LogP contribution in [0.15, 0.2) is 24.0 Å². The number of hydrogen-bond acceptors (Lipinski definition) is 2. The first-order valence-corrected chi connectivity index (χ1v) is 3.49. The monoisotopic (exact) mass is 139 g/mol. The van der Waals surface area contributed by atoms with Crippen molar-refractivity contribution in [2.24, 2.45) is 11.7 Å². The van der Waals surface area contributed by atoms with Gasteiger partial charge in [0.2, 0.25) is 0 Å². The highest BCUT2D eigenvalue weighted by atomic mass is 16.5. The summed E-state index contributed by atoms with van der Waals surface area (Å²) in [5, 5.41) is 0. The average Bonchev–Trinajstić information content (AvgIpc) is 2.05. The molecule has 2 nitrogen and oxygen atoms in total. The predicted molar refractivity (Wildman–Crippen MR) is 41.4 cm³/mol. The molecule has 0 aromatic heterocycles. The Morgan fingerprint density at radius 3 is 3.00 bits per heavy atom. The Balaban J connectivity index is 2.46. The van der Waals surface area contributed by atoms with Gasteiger partial charge < -0.3 is 10.5 Å². The Morgan fingerprint density at radius 1 is 1.80 bits per heavy atom. The van der Waals surface area contributed by atoms with Gasteiger partial charge in [0, 0.05) is 0 Å². The molecule has 0 spiro atoms. The summed E-state index contributed by atoms with van der Waals surface area (Å²) in [6, 6.07) is 0. The molecule has 1 atom stereocenters. The third-order valence-electron chi connectivity index (χ3n) is 1.69. The van der Waals surface area contributed by atoms with Crippen LogP contribution >= 0.6 is 0 Å². The molecule has 0 saturated heterocycles. The van der Waals surface area contributed by atoms with E-state index in [1.807, 2.05) is 6.08 Å². The molecule has 56 valence electrons. The molecule has 0 fully saturated rings. The Morgan fingerprint density at radius 2 is 2.60 bits per heavy atom. The molecule has 2 heteroatoms. The summed E-state index contributed by atoms with van der Waals surface area (Å²) in [7, 11) is 1.68. The normalized spacial score (nSPS) is 24.2. The minimum atomic E-state index is 0.513. The van der Waals surface area contributed by atoms with Crippen LogP contribution < -0.4 is 5.73 Å². The van der Waals surface area contributed by atoms with E-state index >= 15 is 0 Å². The van der Waals surface area contributed by atoms with Crippen LogP contribution in [0.1, 0.15) is 6.42 Å². The third-order valence-corrected chi connectivity index (χ3v) is 1.69. The van der Waals surface area contributed by atoms with Gasteiger partial charge in [-0.25, -0.2) is 0 Å². The Hall–Kier alpha value is -0.760. The van der Waals surface area contributed by atoms with Crippen molar-refractivity contribution in [3.8, 4) is 0 Å². The maximum absolute atomic E-state index is 5.47. The third kappa shape index (κ3) is 1.61. The molecule has 1 aliphatic rings. The molecule has 2 N–H and O–H groups in total. The van der Waals surface area contributed by atoms with Gasteiger partial charge in [0.25, 0.3) is 0 Å². The molecule has 0 radical (unpaired) electrons. The highest BCUT2D eigenvalue weighted by Gasteiger charge is 2.05. The minimum Gasteiger partial charge on any atom is -0.497 e. The fourth-order valence-electron chi connectivity index (χ4n) is 0.971. The minimum absolute atomic E-state index is 0.513. The largest absolute Gasteiger partial charge is 0.497 e. The number of methoxy groups -OCH3 is 1. The Labute approximate surface area is 61.4 Å². The lowest BCUT2D eigenvalue weighted by Crippen LogP contribution is -2.13. The molecular weight excluding hydrogens is 126 g/mol. The number of nitrogens with two attached hydrogens (primary N) is 1. The SMILES string of the molecule is COC1=CC[C@@H](CN)C=C1. The van der Waals surface area contributed by atoms with Crippen molar-refractivity contribution in [3.05, 3.63) is 24.0 Å². The summed E-state index contributed by atoms with van der Waals surface area (Å²) in [6.45, 7) is 0.726. The quantitative estimate of drug-likeness (QED) is 0.620. The molecule has 1 aliphatic carbocycles. The summed E-state index contributed by atoms with van der Waals surface area (Å²) >= 11 is 0. The first-order chi connectivity index (χ1) is 4.86. The highest BCUT2D eigenvalue weighted by molar-refractivity contribution is 5.18. The first kappa shape index (κ1) is 7.35. The fourth-order valence-corrected chi connectivity index (χ4v) is 0.971. The second-order valence-electron chi connectivity index (χ2n) is 2.40. The number of allylic oxidation sites excluding steroid dienone is 2. The van der Waals surface area contributed by atoms with Crippen LogP contribution in [0.4, 0.5) is 0 Å². The van der Waals surface area contributed by atoms with Gasteiger partial charge in [-0.15, -0.1) is 0 Å². The molecule has 0 heterocycles. The van der Waals surface area contributed by atoms with Gasteiger partial charge in [0.1, 0.15) is 5.76 Å². The van der Waals surface area contributed by atoms with E-state index in [4.69, 9.17) is 10.5 Å². The second kappa shape index (κ2) is 3.42. The topological polar surface area (TPSA) is 35.2 Å². The van der Waals surface area contributed by atoms with Crippen molar-refractivity contribution in [2.75, 3.05) is 13.7 Å². The molecule has 0 aliphatic heterocycles. The highest BCUT2D eigenvalue weighted by Crippen LogP contribution is 2.14. The predicted octanol–water partition coefficient (Wildman–Crippen LogP) is 1.05. The molecule has 0 amide bonds. The van der Waals surface area contributed by atoms with Crippen LogP contribution in [0.25, 0.3) is 0 Å². The zero-order valence-electron chi connectivity index (χ0n) is 6.21. The van der Waals surface area contributed by atoms with Gasteiger partial charge in [-0.3, -0.25) is 0 Å². The van der Waals surface area contributed by atoms with E-state index in [2.05, 4.69) is 12.2 Å². The molecule has 0 aromatic carbocycles. The summed E-state index contributed by atoms with van der Waals surface area (Å²) in [5.41, 5.74) is 5.47. The number of rotatable bonds is 2. The summed E-state index contributed by atoms with van der Waals surface area (Å²) < 4.78 is 5.02. The van der Waals surface area contributed by atoms with Crippen LogP contribution in [0.2, 0.25) is 0 Å².